The number of sulfone groups is 1. The Morgan fingerprint density at radius 1 is 1.29 bits per heavy atom. The minimum Gasteiger partial charge on any atom is -0.357 e. The van der Waals surface area contributed by atoms with Gasteiger partial charge >= 0.3 is 0 Å². The SMILES string of the molecule is CCNC(=NCCCc1ccc(Br)cc1F)NCCCS(C)(=O)=O. The normalized spacial score (nSPS) is 12.2. The van der Waals surface area contributed by atoms with Gasteiger partial charge in [-0.1, -0.05) is 22.0 Å². The number of nitrogens with one attached hydrogen (secondary N) is 2. The van der Waals surface area contributed by atoms with Crippen LogP contribution in [0.15, 0.2) is 27.7 Å². The first kappa shape index (κ1) is 20.9. The Bertz CT molecular complexity index is 651. The molecule has 0 spiro atoms. The predicted octanol–water partition coefficient (Wildman–Crippen LogP) is 2.51. The van der Waals surface area contributed by atoms with Gasteiger partial charge in [0.2, 0.25) is 0 Å². The van der Waals surface area contributed by atoms with E-state index in [1.807, 2.05) is 13.0 Å². The lowest BCUT2D eigenvalue weighted by Gasteiger charge is -2.11. The largest absolute Gasteiger partial charge is 0.357 e. The summed E-state index contributed by atoms with van der Waals surface area (Å²) in [6.07, 6.45) is 3.12. The molecule has 0 unspecified atom stereocenters. The van der Waals surface area contributed by atoms with Crippen LogP contribution in [-0.4, -0.2) is 46.0 Å². The van der Waals surface area contributed by atoms with Crippen molar-refractivity contribution in [2.45, 2.75) is 26.2 Å². The second-order valence-electron chi connectivity index (χ2n) is 5.51. The van der Waals surface area contributed by atoms with Gasteiger partial charge in [-0.3, -0.25) is 4.99 Å². The minimum atomic E-state index is -2.93. The van der Waals surface area contributed by atoms with E-state index in [1.54, 1.807) is 6.07 Å². The van der Waals surface area contributed by atoms with Crippen molar-refractivity contribution < 1.29 is 12.8 Å². The van der Waals surface area contributed by atoms with Crippen LogP contribution in [0.25, 0.3) is 0 Å². The summed E-state index contributed by atoms with van der Waals surface area (Å²) in [5, 5.41) is 6.21. The van der Waals surface area contributed by atoms with Crippen LogP contribution in [0.3, 0.4) is 0 Å². The molecule has 0 aliphatic carbocycles. The number of halogens is 2. The number of rotatable bonds is 9. The maximum absolute atomic E-state index is 13.7. The van der Waals surface area contributed by atoms with Crippen molar-refractivity contribution >= 4 is 31.7 Å². The molecule has 0 amide bonds. The van der Waals surface area contributed by atoms with Crippen LogP contribution in [0.4, 0.5) is 4.39 Å². The van der Waals surface area contributed by atoms with Gasteiger partial charge in [-0.05, 0) is 43.9 Å². The fourth-order valence-corrected chi connectivity index (χ4v) is 3.07. The molecule has 0 bridgehead atoms. The van der Waals surface area contributed by atoms with Crippen LogP contribution in [0, 0.1) is 5.82 Å². The standard InChI is InChI=1S/C16H25BrFN3O2S/c1-3-19-16(21-10-5-11-24(2,22)23)20-9-4-6-13-7-8-14(17)12-15(13)18/h7-8,12H,3-6,9-11H2,1-2H3,(H2,19,20,21). The third-order valence-electron chi connectivity index (χ3n) is 3.22. The molecule has 1 rings (SSSR count). The first-order valence-electron chi connectivity index (χ1n) is 7.95. The molecule has 0 heterocycles. The van der Waals surface area contributed by atoms with Crippen LogP contribution >= 0.6 is 15.9 Å². The molecule has 2 N–H and O–H groups in total. The van der Waals surface area contributed by atoms with Crippen molar-refractivity contribution in [3.63, 3.8) is 0 Å². The highest BCUT2D eigenvalue weighted by Crippen LogP contribution is 2.16. The van der Waals surface area contributed by atoms with E-state index in [1.165, 1.54) is 12.3 Å². The minimum absolute atomic E-state index is 0.155. The van der Waals surface area contributed by atoms with E-state index < -0.39 is 9.84 Å². The van der Waals surface area contributed by atoms with E-state index >= 15 is 0 Å². The molecular weight excluding hydrogens is 397 g/mol. The molecule has 136 valence electrons. The van der Waals surface area contributed by atoms with Gasteiger partial charge < -0.3 is 10.6 Å². The molecule has 24 heavy (non-hydrogen) atoms. The third kappa shape index (κ3) is 9.22. The van der Waals surface area contributed by atoms with Crippen LogP contribution in [0.2, 0.25) is 0 Å². The number of hydrogen-bond acceptors (Lipinski definition) is 3. The highest BCUT2D eigenvalue weighted by atomic mass is 79.9. The Balaban J connectivity index is 2.39. The molecule has 1 aromatic rings. The lowest BCUT2D eigenvalue weighted by molar-refractivity contribution is 0.598. The van der Waals surface area contributed by atoms with E-state index in [9.17, 15) is 12.8 Å². The van der Waals surface area contributed by atoms with Gasteiger partial charge in [0.05, 0.1) is 5.75 Å². The number of aliphatic imine (C=N–C) groups is 1. The monoisotopic (exact) mass is 421 g/mol. The smallest absolute Gasteiger partial charge is 0.191 e. The molecule has 0 radical (unpaired) electrons. The van der Waals surface area contributed by atoms with Crippen LogP contribution in [0.5, 0.6) is 0 Å². The molecule has 0 saturated carbocycles. The van der Waals surface area contributed by atoms with Gasteiger partial charge in [0.25, 0.3) is 0 Å². The van der Waals surface area contributed by atoms with Crippen molar-refractivity contribution in [3.05, 3.63) is 34.1 Å². The Morgan fingerprint density at radius 3 is 2.67 bits per heavy atom. The van der Waals surface area contributed by atoms with E-state index in [4.69, 9.17) is 0 Å². The van der Waals surface area contributed by atoms with Gasteiger partial charge in [-0.2, -0.15) is 0 Å². The van der Waals surface area contributed by atoms with Crippen molar-refractivity contribution in [3.8, 4) is 0 Å². The molecule has 8 heteroatoms. The lowest BCUT2D eigenvalue weighted by Crippen LogP contribution is -2.38. The highest BCUT2D eigenvalue weighted by molar-refractivity contribution is 9.10. The summed E-state index contributed by atoms with van der Waals surface area (Å²) in [7, 11) is -2.93. The summed E-state index contributed by atoms with van der Waals surface area (Å²) in [6, 6.07) is 5.07. The average Bonchev–Trinajstić information content (AvgIpc) is 2.48. The van der Waals surface area contributed by atoms with Crippen molar-refractivity contribution in [1.29, 1.82) is 0 Å². The maximum atomic E-state index is 13.7. The van der Waals surface area contributed by atoms with Crippen LogP contribution in [-0.2, 0) is 16.3 Å². The summed E-state index contributed by atoms with van der Waals surface area (Å²) in [5.74, 6) is 0.601. The molecule has 0 atom stereocenters. The molecule has 0 fully saturated rings. The Hall–Kier alpha value is -1.15. The Labute approximate surface area is 152 Å². The zero-order chi connectivity index (χ0) is 18.0. The summed E-state index contributed by atoms with van der Waals surface area (Å²) >= 11 is 3.24. The molecule has 0 saturated heterocycles. The first-order chi connectivity index (χ1) is 11.3. The van der Waals surface area contributed by atoms with E-state index in [2.05, 4.69) is 31.6 Å². The Kier molecular flexibility index (Phi) is 9.28. The molecule has 1 aromatic carbocycles. The summed E-state index contributed by atoms with van der Waals surface area (Å²) < 4.78 is 36.6. The summed E-state index contributed by atoms with van der Waals surface area (Å²) in [6.45, 7) is 3.79. The van der Waals surface area contributed by atoms with Crippen molar-refractivity contribution in [1.82, 2.24) is 10.6 Å². The summed E-state index contributed by atoms with van der Waals surface area (Å²) in [5.41, 5.74) is 0.680. The Morgan fingerprint density at radius 2 is 2.04 bits per heavy atom. The summed E-state index contributed by atoms with van der Waals surface area (Å²) in [4.78, 5) is 4.42. The highest BCUT2D eigenvalue weighted by Gasteiger charge is 2.04. The molecule has 5 nitrogen and oxygen atoms in total. The average molecular weight is 422 g/mol. The zero-order valence-electron chi connectivity index (χ0n) is 14.1. The lowest BCUT2D eigenvalue weighted by atomic mass is 10.1. The third-order valence-corrected chi connectivity index (χ3v) is 4.74. The van der Waals surface area contributed by atoms with Gasteiger partial charge in [-0.25, -0.2) is 12.8 Å². The number of benzene rings is 1. The van der Waals surface area contributed by atoms with Crippen molar-refractivity contribution in [2.75, 3.05) is 31.6 Å². The molecule has 0 aliphatic heterocycles. The van der Waals surface area contributed by atoms with E-state index in [-0.39, 0.29) is 11.6 Å². The second kappa shape index (κ2) is 10.7. The number of guanidine groups is 1. The second-order valence-corrected chi connectivity index (χ2v) is 8.69. The first-order valence-corrected chi connectivity index (χ1v) is 10.8. The predicted molar refractivity (Wildman–Crippen MR) is 101 cm³/mol. The van der Waals surface area contributed by atoms with Gasteiger partial charge in [0, 0.05) is 30.4 Å². The number of nitrogens with zero attached hydrogens (tertiary/aromatic N) is 1. The quantitative estimate of drug-likeness (QED) is 0.365. The van der Waals surface area contributed by atoms with Crippen molar-refractivity contribution in [2.24, 2.45) is 4.99 Å². The number of hydrogen-bond donors (Lipinski definition) is 2. The molecular formula is C16H25BrFN3O2S. The van der Waals surface area contributed by atoms with Gasteiger partial charge in [0.15, 0.2) is 5.96 Å². The zero-order valence-corrected chi connectivity index (χ0v) is 16.5. The topological polar surface area (TPSA) is 70.6 Å². The van der Waals surface area contributed by atoms with Crippen LogP contribution < -0.4 is 10.6 Å². The molecule has 0 aliphatic rings. The van der Waals surface area contributed by atoms with Gasteiger partial charge in [0.1, 0.15) is 15.7 Å². The fraction of sp³-hybridized carbons (Fsp3) is 0.562. The van der Waals surface area contributed by atoms with E-state index in [0.29, 0.717) is 37.5 Å². The fourth-order valence-electron chi connectivity index (χ4n) is 2.07. The van der Waals surface area contributed by atoms with E-state index in [0.717, 1.165) is 17.4 Å². The maximum Gasteiger partial charge on any atom is 0.191 e. The van der Waals surface area contributed by atoms with Crippen LogP contribution in [0.1, 0.15) is 25.3 Å². The van der Waals surface area contributed by atoms with Gasteiger partial charge in [-0.15, -0.1) is 0 Å². The molecule has 0 aromatic heterocycles. The number of aryl methyl sites for hydroxylation is 1.